The van der Waals surface area contributed by atoms with Gasteiger partial charge >= 0.3 is 0 Å². The number of amides is 3. The molecule has 0 saturated carbocycles. The van der Waals surface area contributed by atoms with Crippen LogP contribution in [0.1, 0.15) is 10.4 Å². The lowest BCUT2D eigenvalue weighted by atomic mass is 10.0. The Morgan fingerprint density at radius 1 is 1.29 bits per heavy atom. The van der Waals surface area contributed by atoms with E-state index in [2.05, 4.69) is 5.32 Å². The molecule has 0 aliphatic carbocycles. The Balaban J connectivity index is 1.80. The lowest BCUT2D eigenvalue weighted by Crippen LogP contribution is -2.70. The van der Waals surface area contributed by atoms with E-state index in [1.807, 2.05) is 0 Å². The van der Waals surface area contributed by atoms with Crippen molar-refractivity contribution in [2.45, 2.75) is 12.1 Å². The van der Waals surface area contributed by atoms with Crippen LogP contribution >= 0.6 is 0 Å². The average Bonchev–Trinajstić information content (AvgIpc) is 2.59. The normalized spacial score (nSPS) is 23.8. The van der Waals surface area contributed by atoms with E-state index < -0.39 is 53.6 Å². The Morgan fingerprint density at radius 3 is 2.75 bits per heavy atom. The molecule has 3 amide bonds. The number of hydrogen-bond donors (Lipinski definition) is 2. The van der Waals surface area contributed by atoms with Gasteiger partial charge in [0, 0.05) is 13.1 Å². The van der Waals surface area contributed by atoms with E-state index >= 15 is 0 Å². The third kappa shape index (κ3) is 2.60. The summed E-state index contributed by atoms with van der Waals surface area (Å²) in [5.74, 6) is -4.03. The van der Waals surface area contributed by atoms with Crippen molar-refractivity contribution in [2.75, 3.05) is 26.2 Å². The monoisotopic (exact) mass is 339 g/mol. The number of aliphatic hydroxyl groups is 1. The highest BCUT2D eigenvalue weighted by atomic mass is 19.2. The van der Waals surface area contributed by atoms with Crippen LogP contribution in [0.15, 0.2) is 18.2 Å². The molecule has 9 heteroatoms. The molecule has 2 aliphatic heterocycles. The third-order valence-electron chi connectivity index (χ3n) is 4.23. The van der Waals surface area contributed by atoms with Gasteiger partial charge in [-0.15, -0.1) is 0 Å². The fraction of sp³-hybridized carbons (Fsp3) is 0.400. The minimum Gasteiger partial charge on any atom is -0.394 e. The molecule has 2 heterocycles. The molecule has 0 unspecified atom stereocenters. The van der Waals surface area contributed by atoms with Crippen LogP contribution < -0.4 is 5.32 Å². The fourth-order valence-corrected chi connectivity index (χ4v) is 2.95. The minimum atomic E-state index is -1.24. The highest BCUT2D eigenvalue weighted by Crippen LogP contribution is 2.20. The van der Waals surface area contributed by atoms with Crippen LogP contribution in [-0.4, -0.2) is 71.0 Å². The molecule has 0 radical (unpaired) electrons. The Hall–Kier alpha value is -2.55. The number of hydrogen-bond acceptors (Lipinski definition) is 4. The zero-order chi connectivity index (χ0) is 17.4. The quantitative estimate of drug-likeness (QED) is 0.731. The van der Waals surface area contributed by atoms with Gasteiger partial charge in [0.25, 0.3) is 5.91 Å². The molecular weight excluding hydrogens is 324 g/mol. The van der Waals surface area contributed by atoms with Crippen LogP contribution in [0.25, 0.3) is 0 Å². The zero-order valence-electron chi connectivity index (χ0n) is 12.5. The first-order valence-corrected chi connectivity index (χ1v) is 7.39. The molecule has 2 fully saturated rings. The number of rotatable bonds is 2. The van der Waals surface area contributed by atoms with Crippen molar-refractivity contribution in [3.63, 3.8) is 0 Å². The molecule has 2 saturated heterocycles. The molecule has 7 nitrogen and oxygen atoms in total. The van der Waals surface area contributed by atoms with Crippen LogP contribution in [0.3, 0.4) is 0 Å². The summed E-state index contributed by atoms with van der Waals surface area (Å²) in [5.41, 5.74) is -0.417. The summed E-state index contributed by atoms with van der Waals surface area (Å²) in [6.07, 6.45) is 0. The van der Waals surface area contributed by atoms with Crippen molar-refractivity contribution in [3.8, 4) is 0 Å². The lowest BCUT2D eigenvalue weighted by Gasteiger charge is -2.44. The van der Waals surface area contributed by atoms with Crippen molar-refractivity contribution in [1.29, 1.82) is 0 Å². The van der Waals surface area contributed by atoms with Gasteiger partial charge in [0.2, 0.25) is 11.8 Å². The number of aliphatic hydroxyl groups excluding tert-OH is 1. The van der Waals surface area contributed by atoms with Gasteiger partial charge in [0.05, 0.1) is 18.7 Å². The molecular formula is C15H15F2N3O4. The van der Waals surface area contributed by atoms with Crippen LogP contribution in [0.2, 0.25) is 0 Å². The van der Waals surface area contributed by atoms with Gasteiger partial charge in [0.1, 0.15) is 12.1 Å². The summed E-state index contributed by atoms with van der Waals surface area (Å²) < 4.78 is 27.1. The first-order chi connectivity index (χ1) is 11.4. The highest BCUT2D eigenvalue weighted by molar-refractivity contribution is 5.99. The van der Waals surface area contributed by atoms with E-state index in [1.54, 1.807) is 0 Å². The van der Waals surface area contributed by atoms with E-state index in [0.717, 1.165) is 6.07 Å². The first kappa shape index (κ1) is 16.3. The molecule has 0 aromatic heterocycles. The number of fused-ring (bicyclic) bond motifs is 1. The second kappa shape index (κ2) is 6.16. The molecule has 2 aliphatic rings. The minimum absolute atomic E-state index is 0.0795. The van der Waals surface area contributed by atoms with Gasteiger partial charge in [-0.25, -0.2) is 8.78 Å². The molecule has 1 aromatic rings. The summed E-state index contributed by atoms with van der Waals surface area (Å²) in [4.78, 5) is 39.1. The van der Waals surface area contributed by atoms with Crippen molar-refractivity contribution >= 4 is 17.7 Å². The largest absolute Gasteiger partial charge is 0.394 e. The maximum atomic E-state index is 13.8. The van der Waals surface area contributed by atoms with Crippen LogP contribution in [-0.2, 0) is 9.59 Å². The van der Waals surface area contributed by atoms with Crippen molar-refractivity contribution < 1.29 is 28.3 Å². The second-order valence-electron chi connectivity index (χ2n) is 5.64. The standard InChI is InChI=1S/C15H15F2N3O4/c16-9-3-1-2-8(12(9)17)14(23)19-4-5-20-11(6-19)13(22)18-10(7-21)15(20)24/h1-3,10-11,21H,4-7H2,(H,18,22)/t10-,11+/m0/s1. The number of halogens is 2. The van der Waals surface area contributed by atoms with E-state index in [1.165, 1.54) is 21.9 Å². The van der Waals surface area contributed by atoms with Crippen molar-refractivity contribution in [1.82, 2.24) is 15.1 Å². The first-order valence-electron chi connectivity index (χ1n) is 7.39. The van der Waals surface area contributed by atoms with Gasteiger partial charge in [-0.2, -0.15) is 0 Å². The molecule has 3 rings (SSSR count). The predicted octanol–water partition coefficient (Wildman–Crippen LogP) is -0.891. The summed E-state index contributed by atoms with van der Waals surface area (Å²) in [5, 5.41) is 11.5. The van der Waals surface area contributed by atoms with Gasteiger partial charge in [-0.1, -0.05) is 6.07 Å². The van der Waals surface area contributed by atoms with E-state index in [9.17, 15) is 23.2 Å². The molecule has 1 aromatic carbocycles. The third-order valence-corrected chi connectivity index (χ3v) is 4.23. The molecule has 0 bridgehead atoms. The van der Waals surface area contributed by atoms with Gasteiger partial charge in [-0.05, 0) is 12.1 Å². The topological polar surface area (TPSA) is 89.9 Å². The number of carbonyl (C=O) groups is 3. The summed E-state index contributed by atoms with van der Waals surface area (Å²) in [6, 6.07) is 1.41. The van der Waals surface area contributed by atoms with Crippen LogP contribution in [0.5, 0.6) is 0 Å². The van der Waals surface area contributed by atoms with Gasteiger partial charge in [-0.3, -0.25) is 14.4 Å². The number of nitrogens with zero attached hydrogens (tertiary/aromatic N) is 2. The fourth-order valence-electron chi connectivity index (χ4n) is 2.95. The maximum Gasteiger partial charge on any atom is 0.257 e. The van der Waals surface area contributed by atoms with E-state index in [0.29, 0.717) is 0 Å². The molecule has 128 valence electrons. The molecule has 2 N–H and O–H groups in total. The molecule has 0 spiro atoms. The highest BCUT2D eigenvalue weighted by Gasteiger charge is 2.44. The molecule has 2 atom stereocenters. The van der Waals surface area contributed by atoms with Gasteiger partial charge in [0.15, 0.2) is 11.6 Å². The SMILES string of the molecule is O=C1N[C@@H](CO)C(=O)N2CCN(C(=O)c3cccc(F)c3F)C[C@H]12. The van der Waals surface area contributed by atoms with Gasteiger partial charge < -0.3 is 20.2 Å². The maximum absolute atomic E-state index is 13.8. The summed E-state index contributed by atoms with van der Waals surface area (Å²) in [7, 11) is 0. The zero-order valence-corrected chi connectivity index (χ0v) is 12.5. The lowest BCUT2D eigenvalue weighted by molar-refractivity contribution is -0.153. The van der Waals surface area contributed by atoms with Crippen molar-refractivity contribution in [3.05, 3.63) is 35.4 Å². The number of carbonyl (C=O) groups excluding carboxylic acids is 3. The van der Waals surface area contributed by atoms with Crippen LogP contribution in [0, 0.1) is 11.6 Å². The number of piperazine rings is 2. The predicted molar refractivity (Wildman–Crippen MR) is 76.8 cm³/mol. The number of benzene rings is 1. The molecule has 24 heavy (non-hydrogen) atoms. The van der Waals surface area contributed by atoms with E-state index in [-0.39, 0.29) is 19.6 Å². The van der Waals surface area contributed by atoms with Crippen LogP contribution in [0.4, 0.5) is 8.78 Å². The average molecular weight is 339 g/mol. The summed E-state index contributed by atoms with van der Waals surface area (Å²) in [6.45, 7) is -0.464. The number of nitrogens with one attached hydrogen (secondary N) is 1. The Kier molecular flexibility index (Phi) is 4.18. The van der Waals surface area contributed by atoms with E-state index in [4.69, 9.17) is 5.11 Å². The smallest absolute Gasteiger partial charge is 0.257 e. The Labute approximate surface area is 135 Å². The second-order valence-corrected chi connectivity index (χ2v) is 5.64. The Morgan fingerprint density at radius 2 is 2.04 bits per heavy atom. The summed E-state index contributed by atoms with van der Waals surface area (Å²) >= 11 is 0. The Bertz CT molecular complexity index is 712. The van der Waals surface area contributed by atoms with Crippen molar-refractivity contribution in [2.24, 2.45) is 0 Å².